The smallest absolute Gasteiger partial charge is 0.262 e. The summed E-state index contributed by atoms with van der Waals surface area (Å²) in [6, 6.07) is 5.01. The summed E-state index contributed by atoms with van der Waals surface area (Å²) in [4.78, 5) is 4.33. The van der Waals surface area contributed by atoms with Gasteiger partial charge in [-0.3, -0.25) is 4.72 Å². The molecule has 112 valence electrons. The molecule has 21 heavy (non-hydrogen) atoms. The molecule has 2 aromatic rings. The summed E-state index contributed by atoms with van der Waals surface area (Å²) >= 11 is 3.28. The van der Waals surface area contributed by atoms with Crippen LogP contribution in [0.4, 0.5) is 11.4 Å². The lowest BCUT2D eigenvalue weighted by molar-refractivity contribution is 0.600. The number of anilines is 2. The van der Waals surface area contributed by atoms with Gasteiger partial charge in [0.15, 0.2) is 0 Å². The fourth-order valence-corrected chi connectivity index (χ4v) is 3.93. The van der Waals surface area contributed by atoms with Crippen molar-refractivity contribution in [3.8, 4) is 0 Å². The number of halogens is 1. The van der Waals surface area contributed by atoms with Crippen LogP contribution < -0.4 is 10.5 Å². The number of rotatable bonds is 3. The third-order valence-electron chi connectivity index (χ3n) is 3.02. The molecule has 7 heteroatoms. The maximum absolute atomic E-state index is 12.6. The van der Waals surface area contributed by atoms with Crippen LogP contribution in [0, 0.1) is 20.8 Å². The van der Waals surface area contributed by atoms with Gasteiger partial charge in [0.05, 0.1) is 16.8 Å². The zero-order valence-corrected chi connectivity index (χ0v) is 14.3. The molecule has 0 aliphatic carbocycles. The van der Waals surface area contributed by atoms with E-state index in [1.807, 2.05) is 6.92 Å². The number of aromatic nitrogens is 1. The predicted octanol–water partition coefficient (Wildman–Crippen LogP) is 3.15. The zero-order valence-electron chi connectivity index (χ0n) is 11.9. The average molecular weight is 370 g/mol. The normalized spacial score (nSPS) is 11.4. The van der Waals surface area contributed by atoms with Crippen LogP contribution >= 0.6 is 15.9 Å². The van der Waals surface area contributed by atoms with Crippen LogP contribution in [0.1, 0.15) is 16.7 Å². The number of sulfonamides is 1. The van der Waals surface area contributed by atoms with Crippen molar-refractivity contribution < 1.29 is 8.42 Å². The van der Waals surface area contributed by atoms with E-state index in [2.05, 4.69) is 25.6 Å². The predicted molar refractivity (Wildman–Crippen MR) is 87.8 cm³/mol. The van der Waals surface area contributed by atoms with Crippen LogP contribution in [-0.4, -0.2) is 13.4 Å². The third-order valence-corrected chi connectivity index (χ3v) is 5.53. The van der Waals surface area contributed by atoms with Crippen LogP contribution in [0.3, 0.4) is 0 Å². The van der Waals surface area contributed by atoms with Crippen LogP contribution in [-0.2, 0) is 10.0 Å². The lowest BCUT2D eigenvalue weighted by Gasteiger charge is -2.14. The standard InChI is InChI=1S/C14H16BrN3O2S/c1-8-4-11(16)5-9(2)13(8)21(19,20)18-12-6-10(3)14(15)17-7-12/h4-7,18H,16H2,1-3H3. The fraction of sp³-hybridized carbons (Fsp3) is 0.214. The Labute approximate surface area is 132 Å². The zero-order chi connectivity index (χ0) is 15.8. The Morgan fingerprint density at radius 1 is 1.10 bits per heavy atom. The highest BCUT2D eigenvalue weighted by atomic mass is 79.9. The van der Waals surface area contributed by atoms with Gasteiger partial charge >= 0.3 is 0 Å². The van der Waals surface area contributed by atoms with E-state index < -0.39 is 10.0 Å². The van der Waals surface area contributed by atoms with Crippen molar-refractivity contribution in [3.05, 3.63) is 45.7 Å². The van der Waals surface area contributed by atoms with Crippen molar-refractivity contribution in [2.45, 2.75) is 25.7 Å². The van der Waals surface area contributed by atoms with Crippen LogP contribution in [0.5, 0.6) is 0 Å². The molecule has 2 rings (SSSR count). The SMILES string of the molecule is Cc1cc(NS(=O)(=O)c2c(C)cc(N)cc2C)cnc1Br. The van der Waals surface area contributed by atoms with Crippen molar-refractivity contribution in [2.75, 3.05) is 10.5 Å². The van der Waals surface area contributed by atoms with E-state index in [4.69, 9.17) is 5.73 Å². The topological polar surface area (TPSA) is 85.1 Å². The lowest BCUT2D eigenvalue weighted by Crippen LogP contribution is -2.16. The quantitative estimate of drug-likeness (QED) is 0.642. The third kappa shape index (κ3) is 3.36. The van der Waals surface area contributed by atoms with E-state index >= 15 is 0 Å². The van der Waals surface area contributed by atoms with Gasteiger partial charge in [-0.1, -0.05) is 0 Å². The van der Waals surface area contributed by atoms with Gasteiger partial charge in [0.2, 0.25) is 0 Å². The summed E-state index contributed by atoms with van der Waals surface area (Å²) in [6.07, 6.45) is 1.47. The van der Waals surface area contributed by atoms with E-state index in [0.29, 0.717) is 27.1 Å². The maximum Gasteiger partial charge on any atom is 0.262 e. The van der Waals surface area contributed by atoms with Crippen molar-refractivity contribution in [1.29, 1.82) is 0 Å². The number of aryl methyl sites for hydroxylation is 3. The Balaban J connectivity index is 2.46. The van der Waals surface area contributed by atoms with E-state index in [1.165, 1.54) is 6.20 Å². The largest absolute Gasteiger partial charge is 0.399 e. The number of nitrogens with one attached hydrogen (secondary N) is 1. The van der Waals surface area contributed by atoms with Gasteiger partial charge in [-0.15, -0.1) is 0 Å². The minimum Gasteiger partial charge on any atom is -0.399 e. The first-order valence-electron chi connectivity index (χ1n) is 6.22. The van der Waals surface area contributed by atoms with E-state index in [0.717, 1.165) is 5.56 Å². The number of pyridine rings is 1. The second-order valence-electron chi connectivity index (χ2n) is 4.92. The second-order valence-corrected chi connectivity index (χ2v) is 7.29. The first-order valence-corrected chi connectivity index (χ1v) is 8.50. The lowest BCUT2D eigenvalue weighted by atomic mass is 10.1. The molecule has 1 aromatic carbocycles. The number of nitrogen functional groups attached to an aromatic ring is 1. The molecule has 5 nitrogen and oxygen atoms in total. The molecule has 0 aliphatic rings. The van der Waals surface area contributed by atoms with Gasteiger partial charge < -0.3 is 5.73 Å². The molecule has 0 atom stereocenters. The maximum atomic E-state index is 12.6. The van der Waals surface area contributed by atoms with Gasteiger partial charge in [-0.2, -0.15) is 0 Å². The Morgan fingerprint density at radius 3 is 2.19 bits per heavy atom. The summed E-state index contributed by atoms with van der Waals surface area (Å²) in [5.74, 6) is 0. The minimum atomic E-state index is -3.68. The molecule has 1 aromatic heterocycles. The molecule has 0 fully saturated rings. The molecule has 0 bridgehead atoms. The monoisotopic (exact) mass is 369 g/mol. The molecular weight excluding hydrogens is 354 g/mol. The highest BCUT2D eigenvalue weighted by molar-refractivity contribution is 9.10. The first kappa shape index (κ1) is 15.8. The Bertz CT molecular complexity index is 781. The molecule has 0 saturated carbocycles. The number of hydrogen-bond donors (Lipinski definition) is 2. The van der Waals surface area contributed by atoms with E-state index in [9.17, 15) is 8.42 Å². The summed E-state index contributed by atoms with van der Waals surface area (Å²) in [5, 5.41) is 0. The molecule has 0 amide bonds. The highest BCUT2D eigenvalue weighted by Crippen LogP contribution is 2.26. The Kier molecular flexibility index (Phi) is 4.25. The number of benzene rings is 1. The molecule has 0 unspecified atom stereocenters. The minimum absolute atomic E-state index is 0.247. The first-order chi connectivity index (χ1) is 9.70. The van der Waals surface area contributed by atoms with Gasteiger partial charge in [-0.05, 0) is 71.6 Å². The summed E-state index contributed by atoms with van der Waals surface area (Å²) < 4.78 is 28.4. The average Bonchev–Trinajstić information content (AvgIpc) is 2.31. The fourth-order valence-electron chi connectivity index (χ4n) is 2.23. The summed E-state index contributed by atoms with van der Waals surface area (Å²) in [6.45, 7) is 5.29. The molecule has 1 heterocycles. The summed E-state index contributed by atoms with van der Waals surface area (Å²) in [7, 11) is -3.68. The van der Waals surface area contributed by atoms with Gasteiger partial charge in [0.25, 0.3) is 10.0 Å². The van der Waals surface area contributed by atoms with E-state index in [-0.39, 0.29) is 4.90 Å². The number of hydrogen-bond acceptors (Lipinski definition) is 4. The van der Waals surface area contributed by atoms with Crippen molar-refractivity contribution in [3.63, 3.8) is 0 Å². The summed E-state index contributed by atoms with van der Waals surface area (Å²) in [5.41, 5.74) is 8.77. The van der Waals surface area contributed by atoms with E-state index in [1.54, 1.807) is 32.0 Å². The van der Waals surface area contributed by atoms with Crippen LogP contribution in [0.15, 0.2) is 33.9 Å². The highest BCUT2D eigenvalue weighted by Gasteiger charge is 2.20. The van der Waals surface area contributed by atoms with Gasteiger partial charge in [-0.25, -0.2) is 13.4 Å². The molecule has 0 spiro atoms. The Morgan fingerprint density at radius 2 is 1.67 bits per heavy atom. The van der Waals surface area contributed by atoms with Crippen molar-refractivity contribution in [2.24, 2.45) is 0 Å². The van der Waals surface area contributed by atoms with Gasteiger partial charge in [0.1, 0.15) is 4.60 Å². The van der Waals surface area contributed by atoms with Crippen LogP contribution in [0.2, 0.25) is 0 Å². The van der Waals surface area contributed by atoms with Gasteiger partial charge in [0, 0.05) is 5.69 Å². The number of nitrogens with two attached hydrogens (primary N) is 1. The van der Waals surface area contributed by atoms with Crippen molar-refractivity contribution >= 4 is 37.3 Å². The molecule has 3 N–H and O–H groups in total. The van der Waals surface area contributed by atoms with Crippen LogP contribution in [0.25, 0.3) is 0 Å². The van der Waals surface area contributed by atoms with Crippen molar-refractivity contribution in [1.82, 2.24) is 4.98 Å². The second kappa shape index (κ2) is 5.65. The molecule has 0 saturated heterocycles. The number of nitrogens with zero attached hydrogens (tertiary/aromatic N) is 1. The molecule has 0 aliphatic heterocycles. The molecular formula is C14H16BrN3O2S. The molecule has 0 radical (unpaired) electrons. The Hall–Kier alpha value is -1.60.